The van der Waals surface area contributed by atoms with E-state index in [0.29, 0.717) is 0 Å². The molecule has 1 aromatic carbocycles. The summed E-state index contributed by atoms with van der Waals surface area (Å²) in [5.41, 5.74) is 4.67. The van der Waals surface area contributed by atoms with Gasteiger partial charge in [-0.3, -0.25) is 9.58 Å². The van der Waals surface area contributed by atoms with Gasteiger partial charge in [-0.15, -0.1) is 0 Å². The molecule has 2 aromatic rings. The molecule has 2 heterocycles. The number of nitrogens with zero attached hydrogens (tertiary/aromatic N) is 4. The summed E-state index contributed by atoms with van der Waals surface area (Å²) < 4.78 is 1.75. The van der Waals surface area contributed by atoms with E-state index in [9.17, 15) is 0 Å². The summed E-state index contributed by atoms with van der Waals surface area (Å²) in [7, 11) is 1.89. The van der Waals surface area contributed by atoms with Crippen molar-refractivity contribution >= 4 is 28.9 Å². The number of hydrogen-bond acceptors (Lipinski definition) is 3. The van der Waals surface area contributed by atoms with Gasteiger partial charge in [0.25, 0.3) is 0 Å². The van der Waals surface area contributed by atoms with Crippen LogP contribution in [0.3, 0.4) is 0 Å². The van der Waals surface area contributed by atoms with Gasteiger partial charge in [-0.2, -0.15) is 5.10 Å². The van der Waals surface area contributed by atoms with Crippen LogP contribution in [0.25, 0.3) is 0 Å². The van der Waals surface area contributed by atoms with E-state index in [1.54, 1.807) is 4.68 Å². The molecule has 1 aliphatic heterocycles. The molecule has 23 heavy (non-hydrogen) atoms. The molecule has 0 aliphatic carbocycles. The van der Waals surface area contributed by atoms with E-state index in [-0.39, 0.29) is 0 Å². The minimum Gasteiger partial charge on any atom is -0.369 e. The Morgan fingerprint density at radius 3 is 2.39 bits per heavy atom. The van der Waals surface area contributed by atoms with E-state index in [2.05, 4.69) is 34.0 Å². The number of aromatic nitrogens is 2. The number of halogens is 2. The number of anilines is 1. The number of rotatable bonds is 3. The molecule has 0 saturated carbocycles. The van der Waals surface area contributed by atoms with Gasteiger partial charge in [-0.05, 0) is 31.5 Å². The smallest absolute Gasteiger partial charge is 0.131 e. The molecule has 0 amide bonds. The van der Waals surface area contributed by atoms with Gasteiger partial charge in [0.15, 0.2) is 0 Å². The Bertz CT molecular complexity index is 703. The predicted molar refractivity (Wildman–Crippen MR) is 96.6 cm³/mol. The standard InChI is InChI=1S/C17H22Cl2N4/c1-12-4-5-14(18)10-16(12)23-8-6-22(7-9-23)11-15-13(2)20-21(3)17(15)19/h4-5,10H,6-9,11H2,1-3H3. The third-order valence-electron chi connectivity index (χ3n) is 4.54. The highest BCUT2D eigenvalue weighted by Crippen LogP contribution is 2.26. The van der Waals surface area contributed by atoms with Crippen LogP contribution in [0.4, 0.5) is 5.69 Å². The van der Waals surface area contributed by atoms with E-state index < -0.39 is 0 Å². The van der Waals surface area contributed by atoms with Crippen molar-refractivity contribution in [3.8, 4) is 0 Å². The quantitative estimate of drug-likeness (QED) is 0.842. The molecule has 1 fully saturated rings. The zero-order valence-electron chi connectivity index (χ0n) is 13.8. The van der Waals surface area contributed by atoms with Gasteiger partial charge >= 0.3 is 0 Å². The molecular weight excluding hydrogens is 331 g/mol. The average molecular weight is 353 g/mol. The number of aryl methyl sites for hydroxylation is 3. The van der Waals surface area contributed by atoms with E-state index in [1.165, 1.54) is 11.3 Å². The lowest BCUT2D eigenvalue weighted by atomic mass is 10.1. The Balaban J connectivity index is 1.65. The first kappa shape index (κ1) is 16.6. The highest BCUT2D eigenvalue weighted by molar-refractivity contribution is 6.31. The van der Waals surface area contributed by atoms with Crippen LogP contribution in [0, 0.1) is 13.8 Å². The molecular formula is C17H22Cl2N4. The first-order valence-corrected chi connectivity index (χ1v) is 8.62. The van der Waals surface area contributed by atoms with Crippen molar-refractivity contribution in [2.75, 3.05) is 31.1 Å². The van der Waals surface area contributed by atoms with Crippen LogP contribution in [-0.4, -0.2) is 40.9 Å². The molecule has 0 spiro atoms. The van der Waals surface area contributed by atoms with Gasteiger partial charge in [0.05, 0.1) is 5.69 Å². The second kappa shape index (κ2) is 6.71. The largest absolute Gasteiger partial charge is 0.369 e. The molecule has 4 nitrogen and oxygen atoms in total. The second-order valence-corrected chi connectivity index (χ2v) is 6.97. The van der Waals surface area contributed by atoms with Crippen LogP contribution in [0.15, 0.2) is 18.2 Å². The van der Waals surface area contributed by atoms with Gasteiger partial charge in [-0.1, -0.05) is 29.3 Å². The van der Waals surface area contributed by atoms with Crippen molar-refractivity contribution in [3.63, 3.8) is 0 Å². The van der Waals surface area contributed by atoms with Crippen LogP contribution in [0.1, 0.15) is 16.8 Å². The monoisotopic (exact) mass is 352 g/mol. The summed E-state index contributed by atoms with van der Waals surface area (Å²) >= 11 is 12.5. The third-order valence-corrected chi connectivity index (χ3v) is 5.24. The summed E-state index contributed by atoms with van der Waals surface area (Å²) in [4.78, 5) is 4.85. The number of hydrogen-bond donors (Lipinski definition) is 0. The fourth-order valence-corrected chi connectivity index (χ4v) is 3.55. The summed E-state index contributed by atoms with van der Waals surface area (Å²) in [5, 5.41) is 5.94. The first-order valence-electron chi connectivity index (χ1n) is 7.87. The summed E-state index contributed by atoms with van der Waals surface area (Å²) in [6, 6.07) is 6.10. The summed E-state index contributed by atoms with van der Waals surface area (Å²) in [5.74, 6) is 0. The molecule has 1 aromatic heterocycles. The Morgan fingerprint density at radius 2 is 1.78 bits per heavy atom. The summed E-state index contributed by atoms with van der Waals surface area (Å²) in [6.45, 7) is 9.04. The van der Waals surface area contributed by atoms with Crippen molar-refractivity contribution in [2.24, 2.45) is 7.05 Å². The number of benzene rings is 1. The highest BCUT2D eigenvalue weighted by Gasteiger charge is 2.21. The van der Waals surface area contributed by atoms with Crippen molar-refractivity contribution in [2.45, 2.75) is 20.4 Å². The second-order valence-electron chi connectivity index (χ2n) is 6.17. The van der Waals surface area contributed by atoms with Crippen LogP contribution < -0.4 is 4.90 Å². The highest BCUT2D eigenvalue weighted by atomic mass is 35.5. The van der Waals surface area contributed by atoms with Gasteiger partial charge in [0.2, 0.25) is 0 Å². The van der Waals surface area contributed by atoms with Crippen molar-refractivity contribution in [3.05, 3.63) is 45.2 Å². The fraction of sp³-hybridized carbons (Fsp3) is 0.471. The lowest BCUT2D eigenvalue weighted by Crippen LogP contribution is -2.46. The molecule has 0 bridgehead atoms. The number of piperazine rings is 1. The van der Waals surface area contributed by atoms with Crippen LogP contribution in [0.2, 0.25) is 10.2 Å². The fourth-order valence-electron chi connectivity index (χ4n) is 3.15. The Kier molecular flexibility index (Phi) is 4.85. The van der Waals surface area contributed by atoms with Gasteiger partial charge < -0.3 is 4.90 Å². The average Bonchev–Trinajstić information content (AvgIpc) is 2.77. The van der Waals surface area contributed by atoms with Gasteiger partial charge in [-0.25, -0.2) is 0 Å². The Labute approximate surface area is 147 Å². The molecule has 0 unspecified atom stereocenters. The van der Waals surface area contributed by atoms with E-state index in [1.807, 2.05) is 20.0 Å². The van der Waals surface area contributed by atoms with E-state index in [0.717, 1.165) is 54.2 Å². The Hall–Kier alpha value is -1.23. The van der Waals surface area contributed by atoms with Crippen LogP contribution in [-0.2, 0) is 13.6 Å². The SMILES string of the molecule is Cc1ccc(Cl)cc1N1CCN(Cc2c(C)nn(C)c2Cl)CC1. The molecule has 1 saturated heterocycles. The molecule has 3 rings (SSSR count). The van der Waals surface area contributed by atoms with Crippen molar-refractivity contribution in [1.82, 2.24) is 14.7 Å². The van der Waals surface area contributed by atoms with Gasteiger partial charge in [0, 0.05) is 56.0 Å². The molecule has 6 heteroatoms. The topological polar surface area (TPSA) is 24.3 Å². The first-order chi connectivity index (χ1) is 11.0. The van der Waals surface area contributed by atoms with E-state index in [4.69, 9.17) is 23.2 Å². The zero-order valence-corrected chi connectivity index (χ0v) is 15.3. The third kappa shape index (κ3) is 3.49. The predicted octanol–water partition coefficient (Wildman–Crippen LogP) is 3.67. The molecule has 0 N–H and O–H groups in total. The minimum absolute atomic E-state index is 0.746. The maximum atomic E-state index is 6.34. The molecule has 0 atom stereocenters. The maximum Gasteiger partial charge on any atom is 0.131 e. The van der Waals surface area contributed by atoms with Gasteiger partial charge in [0.1, 0.15) is 5.15 Å². The molecule has 0 radical (unpaired) electrons. The lowest BCUT2D eigenvalue weighted by Gasteiger charge is -2.36. The maximum absolute atomic E-state index is 6.34. The van der Waals surface area contributed by atoms with Crippen LogP contribution in [0.5, 0.6) is 0 Å². The lowest BCUT2D eigenvalue weighted by molar-refractivity contribution is 0.249. The summed E-state index contributed by atoms with van der Waals surface area (Å²) in [6.07, 6.45) is 0. The molecule has 1 aliphatic rings. The normalized spacial score (nSPS) is 16.1. The van der Waals surface area contributed by atoms with E-state index >= 15 is 0 Å². The van der Waals surface area contributed by atoms with Crippen LogP contribution >= 0.6 is 23.2 Å². The molecule has 124 valence electrons. The Morgan fingerprint density at radius 1 is 1.09 bits per heavy atom. The van der Waals surface area contributed by atoms with Crippen molar-refractivity contribution < 1.29 is 0 Å². The van der Waals surface area contributed by atoms with Crippen molar-refractivity contribution in [1.29, 1.82) is 0 Å². The minimum atomic E-state index is 0.746. The zero-order chi connectivity index (χ0) is 16.6.